The highest BCUT2D eigenvalue weighted by molar-refractivity contribution is 6.00. The monoisotopic (exact) mass is 221 g/mol. The smallest absolute Gasteiger partial charge is 0.264 e. The van der Waals surface area contributed by atoms with E-state index in [0.717, 1.165) is 6.07 Å². The largest absolute Gasteiger partial charge is 0.339 e. The van der Waals surface area contributed by atoms with E-state index in [2.05, 4.69) is 15.5 Å². The summed E-state index contributed by atoms with van der Waals surface area (Å²) in [4.78, 5) is 33.9. The molecule has 0 saturated heterocycles. The first-order valence-electron chi connectivity index (χ1n) is 4.92. The van der Waals surface area contributed by atoms with Gasteiger partial charge in [-0.3, -0.25) is 14.4 Å². The average molecular weight is 221 g/mol. The van der Waals surface area contributed by atoms with Gasteiger partial charge in [0.1, 0.15) is 0 Å². The predicted molar refractivity (Wildman–Crippen MR) is 55.0 cm³/mol. The third kappa shape index (κ3) is 1.86. The highest BCUT2D eigenvalue weighted by Crippen LogP contribution is 2.36. The van der Waals surface area contributed by atoms with E-state index >= 15 is 0 Å². The minimum Gasteiger partial charge on any atom is -0.339 e. The summed E-state index contributed by atoms with van der Waals surface area (Å²) in [5, 5.41) is 8.32. The highest BCUT2D eigenvalue weighted by Gasteiger charge is 2.48. The molecule has 6 heteroatoms. The van der Waals surface area contributed by atoms with Crippen molar-refractivity contribution in [3.8, 4) is 0 Å². The first-order chi connectivity index (χ1) is 7.53. The third-order valence-corrected chi connectivity index (χ3v) is 2.70. The van der Waals surface area contributed by atoms with Crippen LogP contribution < -0.4 is 10.9 Å². The predicted octanol–water partition coefficient (Wildman–Crippen LogP) is -0.379. The van der Waals surface area contributed by atoms with Crippen LogP contribution >= 0.6 is 0 Å². The molecule has 1 aromatic rings. The van der Waals surface area contributed by atoms with Crippen molar-refractivity contribution in [3.63, 3.8) is 0 Å². The molecule has 0 radical (unpaired) electrons. The summed E-state index contributed by atoms with van der Waals surface area (Å²) >= 11 is 0. The van der Waals surface area contributed by atoms with Gasteiger partial charge in [0.05, 0.1) is 17.3 Å². The minimum absolute atomic E-state index is 0.0568. The second-order valence-electron chi connectivity index (χ2n) is 3.93. The summed E-state index contributed by atoms with van der Waals surface area (Å²) in [5.74, 6) is -0.495. The van der Waals surface area contributed by atoms with Gasteiger partial charge < -0.3 is 5.32 Å². The number of hydrogen-bond donors (Lipinski definition) is 2. The van der Waals surface area contributed by atoms with Gasteiger partial charge in [0.15, 0.2) is 5.78 Å². The lowest BCUT2D eigenvalue weighted by atomic mass is 10.1. The molecule has 1 aromatic heterocycles. The van der Waals surface area contributed by atoms with Gasteiger partial charge in [0.2, 0.25) is 0 Å². The number of carbonyl (C=O) groups excluding carboxylic acids is 2. The van der Waals surface area contributed by atoms with Crippen molar-refractivity contribution in [2.24, 2.45) is 0 Å². The van der Waals surface area contributed by atoms with E-state index in [1.54, 1.807) is 0 Å². The number of nitrogens with one attached hydrogen (secondary N) is 2. The highest BCUT2D eigenvalue weighted by atomic mass is 16.2. The summed E-state index contributed by atoms with van der Waals surface area (Å²) in [5.41, 5.74) is -0.990. The van der Waals surface area contributed by atoms with Gasteiger partial charge >= 0.3 is 0 Å². The van der Waals surface area contributed by atoms with Gasteiger partial charge in [-0.2, -0.15) is 5.10 Å². The zero-order valence-electron chi connectivity index (χ0n) is 8.74. The van der Waals surface area contributed by atoms with E-state index in [9.17, 15) is 14.4 Å². The fourth-order valence-electron chi connectivity index (χ4n) is 1.48. The molecule has 0 aromatic carbocycles. The van der Waals surface area contributed by atoms with Crippen LogP contribution in [0.4, 0.5) is 0 Å². The standard InChI is InChI=1S/C10H11N3O3/c1-6(14)10(2-3-10)12-9(16)7-4-8(15)13-11-5-7/h4-5H,2-3H2,1H3,(H,12,16)(H,13,15). The lowest BCUT2D eigenvalue weighted by Gasteiger charge is -2.13. The Balaban J connectivity index is 2.15. The Labute approximate surface area is 91.1 Å². The first kappa shape index (κ1) is 10.5. The van der Waals surface area contributed by atoms with Crippen molar-refractivity contribution in [1.29, 1.82) is 0 Å². The van der Waals surface area contributed by atoms with Crippen LogP contribution in [0.5, 0.6) is 0 Å². The van der Waals surface area contributed by atoms with Crippen molar-refractivity contribution in [2.45, 2.75) is 25.3 Å². The molecule has 2 rings (SSSR count). The maximum atomic E-state index is 11.7. The Hall–Kier alpha value is -1.98. The van der Waals surface area contributed by atoms with Gasteiger partial charge in [0.25, 0.3) is 11.5 Å². The lowest BCUT2D eigenvalue weighted by molar-refractivity contribution is -0.119. The minimum atomic E-state index is -0.709. The van der Waals surface area contributed by atoms with Gasteiger partial charge in [-0.15, -0.1) is 0 Å². The number of aromatic nitrogens is 2. The first-order valence-corrected chi connectivity index (χ1v) is 4.92. The molecule has 1 aliphatic rings. The van der Waals surface area contributed by atoms with Gasteiger partial charge in [-0.05, 0) is 19.8 Å². The molecule has 0 spiro atoms. The van der Waals surface area contributed by atoms with Crippen molar-refractivity contribution >= 4 is 11.7 Å². The van der Waals surface area contributed by atoms with Gasteiger partial charge in [0, 0.05) is 6.07 Å². The number of carbonyl (C=O) groups is 2. The van der Waals surface area contributed by atoms with E-state index in [1.165, 1.54) is 13.1 Å². The molecule has 1 aliphatic carbocycles. The van der Waals surface area contributed by atoms with Crippen molar-refractivity contribution in [3.05, 3.63) is 28.2 Å². The molecular weight excluding hydrogens is 210 g/mol. The van der Waals surface area contributed by atoms with E-state index in [1.807, 2.05) is 0 Å². The van der Waals surface area contributed by atoms with E-state index in [4.69, 9.17) is 0 Å². The molecule has 0 unspecified atom stereocenters. The van der Waals surface area contributed by atoms with Crippen LogP contribution in [0.1, 0.15) is 30.1 Å². The van der Waals surface area contributed by atoms with Crippen LogP contribution in [-0.4, -0.2) is 27.4 Å². The summed E-state index contributed by atoms with van der Waals surface area (Å²) in [6.45, 7) is 1.45. The Morgan fingerprint density at radius 3 is 2.69 bits per heavy atom. The maximum absolute atomic E-state index is 11.7. The Morgan fingerprint density at radius 1 is 1.50 bits per heavy atom. The quantitative estimate of drug-likeness (QED) is 0.727. The van der Waals surface area contributed by atoms with Crippen molar-refractivity contribution in [1.82, 2.24) is 15.5 Å². The number of aromatic amines is 1. The number of nitrogens with zero attached hydrogens (tertiary/aromatic N) is 1. The van der Waals surface area contributed by atoms with E-state index in [0.29, 0.717) is 12.8 Å². The van der Waals surface area contributed by atoms with Crippen LogP contribution in [0.3, 0.4) is 0 Å². The number of rotatable bonds is 3. The Kier molecular flexibility index (Phi) is 2.34. The zero-order valence-corrected chi connectivity index (χ0v) is 8.74. The second-order valence-corrected chi connectivity index (χ2v) is 3.93. The molecule has 2 N–H and O–H groups in total. The Bertz CT molecular complexity index is 502. The molecule has 6 nitrogen and oxygen atoms in total. The molecule has 1 saturated carbocycles. The molecular formula is C10H11N3O3. The molecule has 0 aliphatic heterocycles. The zero-order chi connectivity index (χ0) is 11.8. The van der Waals surface area contributed by atoms with Crippen LogP contribution in [0, 0.1) is 0 Å². The van der Waals surface area contributed by atoms with Crippen molar-refractivity contribution < 1.29 is 9.59 Å². The van der Waals surface area contributed by atoms with E-state index < -0.39 is 17.0 Å². The number of Topliss-reactive ketones (excluding diaryl/α,β-unsaturated/α-hetero) is 1. The topological polar surface area (TPSA) is 91.9 Å². The van der Waals surface area contributed by atoms with Crippen LogP contribution in [0.15, 0.2) is 17.1 Å². The summed E-state index contributed by atoms with van der Waals surface area (Å²) < 4.78 is 0. The SMILES string of the molecule is CC(=O)C1(NC(=O)c2cn[nH]c(=O)c2)CC1. The molecule has 1 amide bonds. The Morgan fingerprint density at radius 2 is 2.19 bits per heavy atom. The average Bonchev–Trinajstić information content (AvgIpc) is 2.99. The third-order valence-electron chi connectivity index (χ3n) is 2.70. The van der Waals surface area contributed by atoms with E-state index in [-0.39, 0.29) is 11.3 Å². The summed E-state index contributed by atoms with van der Waals surface area (Å²) in [6, 6.07) is 1.15. The molecule has 16 heavy (non-hydrogen) atoms. The second kappa shape index (κ2) is 3.55. The maximum Gasteiger partial charge on any atom is 0.264 e. The van der Waals surface area contributed by atoms with Crippen LogP contribution in [0.25, 0.3) is 0 Å². The normalized spacial score (nSPS) is 16.6. The van der Waals surface area contributed by atoms with Crippen LogP contribution in [0.2, 0.25) is 0 Å². The molecule has 1 fully saturated rings. The van der Waals surface area contributed by atoms with Gasteiger partial charge in [-0.25, -0.2) is 5.10 Å². The molecule has 1 heterocycles. The van der Waals surface area contributed by atoms with Crippen LogP contribution in [-0.2, 0) is 4.79 Å². The summed E-state index contributed by atoms with van der Waals surface area (Å²) in [6.07, 6.45) is 2.57. The number of ketones is 1. The number of H-pyrrole nitrogens is 1. The fourth-order valence-corrected chi connectivity index (χ4v) is 1.48. The number of amides is 1. The fraction of sp³-hybridized carbons (Fsp3) is 0.400. The van der Waals surface area contributed by atoms with Gasteiger partial charge in [-0.1, -0.05) is 0 Å². The molecule has 84 valence electrons. The lowest BCUT2D eigenvalue weighted by Crippen LogP contribution is -2.42. The summed E-state index contributed by atoms with van der Waals surface area (Å²) in [7, 11) is 0. The van der Waals surface area contributed by atoms with Crippen molar-refractivity contribution in [2.75, 3.05) is 0 Å². The molecule has 0 atom stereocenters. The molecule has 0 bridgehead atoms. The number of hydrogen-bond acceptors (Lipinski definition) is 4.